The number of fused-ring (bicyclic) bond motifs is 1. The highest BCUT2D eigenvalue weighted by Crippen LogP contribution is 2.23. The number of nitriles is 1. The second-order valence-electron chi connectivity index (χ2n) is 7.42. The smallest absolute Gasteiger partial charge is 0.121 e. The van der Waals surface area contributed by atoms with Gasteiger partial charge < -0.3 is 4.74 Å². The molecule has 138 valence electrons. The highest BCUT2D eigenvalue weighted by atomic mass is 16.5. The van der Waals surface area contributed by atoms with Crippen LogP contribution in [0.4, 0.5) is 0 Å². The van der Waals surface area contributed by atoms with Gasteiger partial charge in [0.1, 0.15) is 12.4 Å². The number of pyridine rings is 1. The molecule has 0 amide bonds. The maximum Gasteiger partial charge on any atom is 0.121 e. The maximum atomic E-state index is 9.32. The molecule has 3 aromatic rings. The first-order valence-electron chi connectivity index (χ1n) is 9.52. The van der Waals surface area contributed by atoms with Gasteiger partial charge >= 0.3 is 0 Å². The summed E-state index contributed by atoms with van der Waals surface area (Å²) in [5, 5.41) is 10.5. The van der Waals surface area contributed by atoms with Crippen molar-refractivity contribution in [2.75, 3.05) is 0 Å². The summed E-state index contributed by atoms with van der Waals surface area (Å²) in [6, 6.07) is 16.5. The number of nitrogens with zero attached hydrogens (tertiary/aromatic N) is 2. The minimum absolute atomic E-state index is 0.461. The number of benzene rings is 2. The van der Waals surface area contributed by atoms with Crippen LogP contribution in [0.5, 0.6) is 5.75 Å². The molecule has 3 nitrogen and oxygen atoms in total. The third-order valence-corrected chi connectivity index (χ3v) is 4.99. The van der Waals surface area contributed by atoms with Crippen LogP contribution in [-0.2, 0) is 13.0 Å². The van der Waals surface area contributed by atoms with E-state index >= 15 is 0 Å². The van der Waals surface area contributed by atoms with Gasteiger partial charge in [0.15, 0.2) is 0 Å². The summed E-state index contributed by atoms with van der Waals surface area (Å²) in [5.41, 5.74) is 6.14. The molecule has 27 heavy (non-hydrogen) atoms. The summed E-state index contributed by atoms with van der Waals surface area (Å²) < 4.78 is 6.02. The Kier molecular flexibility index (Phi) is 5.76. The topological polar surface area (TPSA) is 45.9 Å². The molecule has 2 aromatic carbocycles. The molecule has 3 heteroatoms. The van der Waals surface area contributed by atoms with Gasteiger partial charge in [-0.15, -0.1) is 0 Å². The van der Waals surface area contributed by atoms with E-state index in [9.17, 15) is 5.26 Å². The Morgan fingerprint density at radius 1 is 1.07 bits per heavy atom. The molecule has 0 N–H and O–H groups in total. The summed E-state index contributed by atoms with van der Waals surface area (Å²) >= 11 is 0. The first kappa shape index (κ1) is 18.9. The van der Waals surface area contributed by atoms with Crippen molar-refractivity contribution in [3.05, 3.63) is 70.4 Å². The van der Waals surface area contributed by atoms with E-state index < -0.39 is 0 Å². The molecule has 3 rings (SSSR count). The standard InChI is InChI=1S/C24H26N2O/c1-5-16(2)8-20-10-21(14-25)12-22(11-20)27-15-19-6-7-23-17(3)9-18(4)26-24(23)13-19/h6-7,9-13,16H,5,8,15H2,1-4H3. The van der Waals surface area contributed by atoms with Crippen LogP contribution in [0, 0.1) is 31.1 Å². The van der Waals surface area contributed by atoms with Crippen molar-refractivity contribution in [1.82, 2.24) is 4.98 Å². The highest BCUT2D eigenvalue weighted by Gasteiger charge is 2.07. The minimum atomic E-state index is 0.461. The van der Waals surface area contributed by atoms with E-state index in [1.165, 1.54) is 10.9 Å². The van der Waals surface area contributed by atoms with Crippen molar-refractivity contribution >= 4 is 10.9 Å². The Hall–Kier alpha value is -2.86. The van der Waals surface area contributed by atoms with Gasteiger partial charge in [0.05, 0.1) is 17.1 Å². The fraction of sp³-hybridized carbons (Fsp3) is 0.333. The van der Waals surface area contributed by atoms with Gasteiger partial charge in [-0.05, 0) is 73.2 Å². The average molecular weight is 358 g/mol. The van der Waals surface area contributed by atoms with Crippen molar-refractivity contribution in [1.29, 1.82) is 5.26 Å². The van der Waals surface area contributed by atoms with Crippen LogP contribution < -0.4 is 4.74 Å². The minimum Gasteiger partial charge on any atom is -0.489 e. The van der Waals surface area contributed by atoms with Crippen LogP contribution >= 0.6 is 0 Å². The molecule has 0 saturated carbocycles. The van der Waals surface area contributed by atoms with E-state index in [4.69, 9.17) is 4.74 Å². The van der Waals surface area contributed by atoms with E-state index in [1.807, 2.05) is 19.1 Å². The van der Waals surface area contributed by atoms with E-state index in [2.05, 4.69) is 62.2 Å². The molecule has 0 aliphatic carbocycles. The van der Waals surface area contributed by atoms with Gasteiger partial charge in [0.25, 0.3) is 0 Å². The largest absolute Gasteiger partial charge is 0.489 e. The van der Waals surface area contributed by atoms with Gasteiger partial charge in [-0.1, -0.05) is 32.4 Å². The predicted molar refractivity (Wildman–Crippen MR) is 110 cm³/mol. The third kappa shape index (κ3) is 4.65. The molecule has 1 atom stereocenters. The van der Waals surface area contributed by atoms with E-state index in [0.717, 1.165) is 40.9 Å². The molecule has 0 aliphatic rings. The molecule has 0 aliphatic heterocycles. The number of hydrogen-bond donors (Lipinski definition) is 0. The molecule has 1 heterocycles. The van der Waals surface area contributed by atoms with Gasteiger partial charge in [0.2, 0.25) is 0 Å². The molecule has 1 aromatic heterocycles. The number of rotatable bonds is 6. The molecule has 0 fully saturated rings. The van der Waals surface area contributed by atoms with Crippen LogP contribution in [0.25, 0.3) is 10.9 Å². The first-order valence-corrected chi connectivity index (χ1v) is 9.52. The predicted octanol–water partition coefficient (Wildman–Crippen LogP) is 5.89. The lowest BCUT2D eigenvalue weighted by molar-refractivity contribution is 0.306. The van der Waals surface area contributed by atoms with Crippen LogP contribution in [0.2, 0.25) is 0 Å². The Balaban J connectivity index is 1.81. The normalized spacial score (nSPS) is 12.0. The molecule has 0 radical (unpaired) electrons. The lowest BCUT2D eigenvalue weighted by atomic mass is 9.97. The Labute approximate surface area is 161 Å². The molecule has 0 bridgehead atoms. The lowest BCUT2D eigenvalue weighted by Crippen LogP contribution is -2.01. The van der Waals surface area contributed by atoms with Crippen molar-refractivity contribution in [3.8, 4) is 11.8 Å². The SMILES string of the molecule is CCC(C)Cc1cc(C#N)cc(OCc2ccc3c(C)cc(C)nc3c2)c1. The van der Waals surface area contributed by atoms with E-state index in [-0.39, 0.29) is 0 Å². The second kappa shape index (κ2) is 8.22. The van der Waals surface area contributed by atoms with E-state index in [1.54, 1.807) is 0 Å². The zero-order valence-corrected chi connectivity index (χ0v) is 16.5. The van der Waals surface area contributed by atoms with Crippen LogP contribution in [0.1, 0.15) is 48.2 Å². The highest BCUT2D eigenvalue weighted by molar-refractivity contribution is 5.82. The maximum absolute atomic E-state index is 9.32. The monoisotopic (exact) mass is 358 g/mol. The zero-order chi connectivity index (χ0) is 19.4. The summed E-state index contributed by atoms with van der Waals surface area (Å²) in [6.45, 7) is 9.00. The van der Waals surface area contributed by atoms with Crippen molar-refractivity contribution in [3.63, 3.8) is 0 Å². The Morgan fingerprint density at radius 3 is 2.63 bits per heavy atom. The third-order valence-electron chi connectivity index (χ3n) is 4.99. The molecular weight excluding hydrogens is 332 g/mol. The van der Waals surface area contributed by atoms with Gasteiger partial charge in [-0.3, -0.25) is 4.98 Å². The fourth-order valence-electron chi connectivity index (χ4n) is 3.35. The Bertz CT molecular complexity index is 1000. The molecule has 0 saturated heterocycles. The molecular formula is C24H26N2O. The second-order valence-corrected chi connectivity index (χ2v) is 7.42. The molecule has 1 unspecified atom stereocenters. The van der Waals surface area contributed by atoms with Crippen molar-refractivity contribution in [2.45, 2.75) is 47.1 Å². The summed E-state index contributed by atoms with van der Waals surface area (Å²) in [5.74, 6) is 1.34. The van der Waals surface area contributed by atoms with E-state index in [0.29, 0.717) is 18.1 Å². The van der Waals surface area contributed by atoms with Crippen molar-refractivity contribution in [2.24, 2.45) is 5.92 Å². The summed E-state index contributed by atoms with van der Waals surface area (Å²) in [4.78, 5) is 4.64. The summed E-state index contributed by atoms with van der Waals surface area (Å²) in [6.07, 6.45) is 2.08. The van der Waals surface area contributed by atoms with Gasteiger partial charge in [-0.25, -0.2) is 0 Å². The number of hydrogen-bond acceptors (Lipinski definition) is 3. The first-order chi connectivity index (χ1) is 13.0. The van der Waals surface area contributed by atoms with Crippen molar-refractivity contribution < 1.29 is 4.74 Å². The van der Waals surface area contributed by atoms with Crippen LogP contribution in [-0.4, -0.2) is 4.98 Å². The lowest BCUT2D eigenvalue weighted by Gasteiger charge is -2.12. The summed E-state index contributed by atoms with van der Waals surface area (Å²) in [7, 11) is 0. The quantitative estimate of drug-likeness (QED) is 0.552. The fourth-order valence-corrected chi connectivity index (χ4v) is 3.35. The Morgan fingerprint density at radius 2 is 1.89 bits per heavy atom. The van der Waals surface area contributed by atoms with Crippen LogP contribution in [0.15, 0.2) is 42.5 Å². The van der Waals surface area contributed by atoms with Gasteiger partial charge in [0, 0.05) is 11.1 Å². The number of aromatic nitrogens is 1. The number of ether oxygens (including phenoxy) is 1. The average Bonchev–Trinajstić information content (AvgIpc) is 2.65. The van der Waals surface area contributed by atoms with Crippen LogP contribution in [0.3, 0.4) is 0 Å². The molecule has 0 spiro atoms. The number of aryl methyl sites for hydroxylation is 2. The zero-order valence-electron chi connectivity index (χ0n) is 16.5. The van der Waals surface area contributed by atoms with Gasteiger partial charge in [-0.2, -0.15) is 5.26 Å².